The van der Waals surface area contributed by atoms with Gasteiger partial charge >= 0.3 is 0 Å². The Labute approximate surface area is 118 Å². The van der Waals surface area contributed by atoms with Crippen LogP contribution in [0.1, 0.15) is 13.8 Å². The van der Waals surface area contributed by atoms with Crippen molar-refractivity contribution in [2.45, 2.75) is 19.9 Å². The molecule has 1 atom stereocenters. The normalized spacial score (nSPS) is 19.8. The van der Waals surface area contributed by atoms with E-state index in [1.165, 1.54) is 17.2 Å². The summed E-state index contributed by atoms with van der Waals surface area (Å²) in [5, 5.41) is 1.17. The Hall–Kier alpha value is -1.82. The number of anilines is 1. The first-order chi connectivity index (χ1) is 9.43. The van der Waals surface area contributed by atoms with Gasteiger partial charge in [0.25, 0.3) is 0 Å². The summed E-state index contributed by atoms with van der Waals surface area (Å²) in [5.41, 5.74) is 0.660. The highest BCUT2D eigenvalue weighted by Crippen LogP contribution is 2.25. The Kier molecular flexibility index (Phi) is 4.13. The van der Waals surface area contributed by atoms with Crippen LogP contribution in [0.2, 0.25) is 0 Å². The van der Waals surface area contributed by atoms with Gasteiger partial charge < -0.3 is 9.64 Å². The molecule has 0 saturated heterocycles. The van der Waals surface area contributed by atoms with Gasteiger partial charge in [0.2, 0.25) is 5.91 Å². The molecule has 0 N–H and O–H groups in total. The van der Waals surface area contributed by atoms with E-state index in [1.54, 1.807) is 30.3 Å². The van der Waals surface area contributed by atoms with E-state index in [9.17, 15) is 13.2 Å². The Morgan fingerprint density at radius 3 is 2.45 bits per heavy atom. The Bertz CT molecular complexity index is 619. The van der Waals surface area contributed by atoms with Crippen LogP contribution in [-0.2, 0) is 14.6 Å². The van der Waals surface area contributed by atoms with Crippen LogP contribution in [0.5, 0.6) is 5.75 Å². The fraction of sp³-hybridized carbons (Fsp3) is 0.357. The standard InChI is InChI=1S/C14H17NO4S/c1-3-19-14-6-4-12(5-7-14)15(11(2)16)13-8-9-20(17,18)10-13/h4-9,13H,3,10H2,1-2H3/t13-/m0/s1. The number of benzene rings is 1. The smallest absolute Gasteiger partial charge is 0.224 e. The molecule has 1 aliphatic heterocycles. The molecule has 0 spiro atoms. The van der Waals surface area contributed by atoms with E-state index in [0.717, 1.165) is 0 Å². The van der Waals surface area contributed by atoms with Gasteiger partial charge in [0.1, 0.15) is 5.75 Å². The second-order valence-electron chi connectivity index (χ2n) is 4.54. The monoisotopic (exact) mass is 295 g/mol. The van der Waals surface area contributed by atoms with Gasteiger partial charge in [-0.05, 0) is 37.3 Å². The molecular formula is C14H17NO4S. The summed E-state index contributed by atoms with van der Waals surface area (Å²) >= 11 is 0. The van der Waals surface area contributed by atoms with Crippen molar-refractivity contribution in [3.05, 3.63) is 35.7 Å². The van der Waals surface area contributed by atoms with Crippen molar-refractivity contribution < 1.29 is 17.9 Å². The van der Waals surface area contributed by atoms with Crippen molar-refractivity contribution in [3.63, 3.8) is 0 Å². The van der Waals surface area contributed by atoms with E-state index in [-0.39, 0.29) is 11.7 Å². The highest BCUT2D eigenvalue weighted by atomic mass is 32.2. The van der Waals surface area contributed by atoms with Crippen molar-refractivity contribution in [2.24, 2.45) is 0 Å². The lowest BCUT2D eigenvalue weighted by Crippen LogP contribution is -2.39. The average Bonchev–Trinajstić information content (AvgIpc) is 2.72. The van der Waals surface area contributed by atoms with Crippen LogP contribution >= 0.6 is 0 Å². The van der Waals surface area contributed by atoms with Gasteiger partial charge in [-0.1, -0.05) is 0 Å². The van der Waals surface area contributed by atoms with Gasteiger partial charge in [0.05, 0.1) is 18.4 Å². The average molecular weight is 295 g/mol. The van der Waals surface area contributed by atoms with Gasteiger partial charge in [0, 0.05) is 18.0 Å². The van der Waals surface area contributed by atoms with Crippen molar-refractivity contribution >= 4 is 21.4 Å². The predicted molar refractivity (Wildman–Crippen MR) is 77.5 cm³/mol. The largest absolute Gasteiger partial charge is 0.494 e. The molecule has 1 heterocycles. The molecule has 5 nitrogen and oxygen atoms in total. The van der Waals surface area contributed by atoms with Gasteiger partial charge in [-0.15, -0.1) is 0 Å². The van der Waals surface area contributed by atoms with E-state index >= 15 is 0 Å². The number of carbonyl (C=O) groups excluding carboxylic acids is 1. The van der Waals surface area contributed by atoms with E-state index in [2.05, 4.69) is 0 Å². The molecular weight excluding hydrogens is 278 g/mol. The van der Waals surface area contributed by atoms with Gasteiger partial charge in [-0.2, -0.15) is 0 Å². The third kappa shape index (κ3) is 3.19. The van der Waals surface area contributed by atoms with Crippen LogP contribution < -0.4 is 9.64 Å². The first-order valence-electron chi connectivity index (χ1n) is 6.36. The number of hydrogen-bond acceptors (Lipinski definition) is 4. The van der Waals surface area contributed by atoms with Crippen LogP contribution in [0.3, 0.4) is 0 Å². The third-order valence-corrected chi connectivity index (χ3v) is 4.39. The molecule has 0 unspecified atom stereocenters. The summed E-state index contributed by atoms with van der Waals surface area (Å²) in [7, 11) is -3.20. The van der Waals surface area contributed by atoms with Crippen LogP contribution in [0.4, 0.5) is 5.69 Å². The highest BCUT2D eigenvalue weighted by molar-refractivity contribution is 7.94. The summed E-state index contributed by atoms with van der Waals surface area (Å²) in [6.07, 6.45) is 1.55. The molecule has 0 aromatic heterocycles. The fourth-order valence-electron chi connectivity index (χ4n) is 2.20. The molecule has 2 rings (SSSR count). The highest BCUT2D eigenvalue weighted by Gasteiger charge is 2.29. The zero-order chi connectivity index (χ0) is 14.8. The molecule has 1 aliphatic rings. The van der Waals surface area contributed by atoms with Gasteiger partial charge in [-0.25, -0.2) is 8.42 Å². The first kappa shape index (κ1) is 14.6. The minimum Gasteiger partial charge on any atom is -0.494 e. The maximum atomic E-state index is 11.8. The predicted octanol–water partition coefficient (Wildman–Crippen LogP) is 1.75. The summed E-state index contributed by atoms with van der Waals surface area (Å²) in [6.45, 7) is 3.89. The van der Waals surface area contributed by atoms with Gasteiger partial charge in [0.15, 0.2) is 9.84 Å². The van der Waals surface area contributed by atoms with Crippen LogP contribution in [0, 0.1) is 0 Å². The van der Waals surface area contributed by atoms with Crippen LogP contribution in [0.25, 0.3) is 0 Å². The maximum Gasteiger partial charge on any atom is 0.224 e. The van der Waals surface area contributed by atoms with E-state index < -0.39 is 15.9 Å². The second-order valence-corrected chi connectivity index (χ2v) is 6.47. The summed E-state index contributed by atoms with van der Waals surface area (Å²) in [6, 6.07) is 6.59. The minimum absolute atomic E-state index is 0.0697. The topological polar surface area (TPSA) is 63.7 Å². The number of nitrogens with zero attached hydrogens (tertiary/aromatic N) is 1. The maximum absolute atomic E-state index is 11.8. The lowest BCUT2D eigenvalue weighted by molar-refractivity contribution is -0.116. The number of carbonyl (C=O) groups is 1. The fourth-order valence-corrected chi connectivity index (χ4v) is 3.46. The molecule has 0 bridgehead atoms. The molecule has 1 aromatic rings. The third-order valence-electron chi connectivity index (χ3n) is 3.01. The summed E-state index contributed by atoms with van der Waals surface area (Å²) in [5.74, 6) is 0.454. The van der Waals surface area contributed by atoms with E-state index in [1.807, 2.05) is 6.92 Å². The molecule has 6 heteroatoms. The zero-order valence-corrected chi connectivity index (χ0v) is 12.3. The molecule has 108 valence electrons. The second kappa shape index (κ2) is 5.66. The molecule has 20 heavy (non-hydrogen) atoms. The summed E-state index contributed by atoms with van der Waals surface area (Å²) in [4.78, 5) is 13.3. The van der Waals surface area contributed by atoms with Crippen LogP contribution in [-0.4, -0.2) is 32.7 Å². The molecule has 0 aliphatic carbocycles. The Balaban J connectivity index is 2.26. The molecule has 0 saturated carbocycles. The lowest BCUT2D eigenvalue weighted by atomic mass is 10.2. The number of hydrogen-bond donors (Lipinski definition) is 0. The number of sulfone groups is 1. The van der Waals surface area contributed by atoms with Crippen LogP contribution in [0.15, 0.2) is 35.7 Å². The number of ether oxygens (including phenoxy) is 1. The van der Waals surface area contributed by atoms with E-state index in [4.69, 9.17) is 4.74 Å². The Morgan fingerprint density at radius 1 is 1.35 bits per heavy atom. The SMILES string of the molecule is CCOc1ccc(N(C(C)=O)[C@H]2C=CS(=O)(=O)C2)cc1. The van der Waals surface area contributed by atoms with Crippen molar-refractivity contribution in [3.8, 4) is 5.75 Å². The van der Waals surface area contributed by atoms with Crippen molar-refractivity contribution in [1.82, 2.24) is 0 Å². The van der Waals surface area contributed by atoms with Crippen molar-refractivity contribution in [2.75, 3.05) is 17.3 Å². The first-order valence-corrected chi connectivity index (χ1v) is 8.08. The zero-order valence-electron chi connectivity index (χ0n) is 11.4. The number of amides is 1. The molecule has 0 radical (unpaired) electrons. The molecule has 1 amide bonds. The van der Waals surface area contributed by atoms with E-state index in [0.29, 0.717) is 18.0 Å². The Morgan fingerprint density at radius 2 is 2.00 bits per heavy atom. The quantitative estimate of drug-likeness (QED) is 0.849. The van der Waals surface area contributed by atoms with Gasteiger partial charge in [-0.3, -0.25) is 4.79 Å². The minimum atomic E-state index is -3.20. The summed E-state index contributed by atoms with van der Waals surface area (Å²) < 4.78 is 28.3. The lowest BCUT2D eigenvalue weighted by Gasteiger charge is -2.26. The molecule has 0 fully saturated rings. The van der Waals surface area contributed by atoms with Crippen molar-refractivity contribution in [1.29, 1.82) is 0 Å². The molecule has 1 aromatic carbocycles. The number of rotatable bonds is 4.